The van der Waals surface area contributed by atoms with Gasteiger partial charge in [-0.3, -0.25) is 14.4 Å². The van der Waals surface area contributed by atoms with Crippen molar-refractivity contribution in [2.24, 2.45) is 5.92 Å². The van der Waals surface area contributed by atoms with Crippen molar-refractivity contribution < 1.29 is 28.6 Å². The van der Waals surface area contributed by atoms with Crippen LogP contribution in [0, 0.1) is 5.92 Å². The van der Waals surface area contributed by atoms with Crippen LogP contribution in [0.2, 0.25) is 0 Å². The molecule has 0 aliphatic carbocycles. The molecule has 134 valence electrons. The molecule has 0 aliphatic rings. The number of hydrogen-bond donors (Lipinski definition) is 0. The van der Waals surface area contributed by atoms with Crippen LogP contribution in [0.1, 0.15) is 33.6 Å². The SMILES string of the molecule is C=C(C)COC(=O)CC(CC(=O)OCC(=C)C)C(=O)OCC(=C)C. The Kier molecular flexibility index (Phi) is 10.1. The number of hydrogen-bond acceptors (Lipinski definition) is 6. The Labute approximate surface area is 143 Å². The molecule has 6 nitrogen and oxygen atoms in total. The molecule has 0 aromatic rings. The van der Waals surface area contributed by atoms with E-state index in [2.05, 4.69) is 19.7 Å². The van der Waals surface area contributed by atoms with Crippen molar-refractivity contribution in [1.82, 2.24) is 0 Å². The number of carbonyl (C=O) groups is 3. The zero-order valence-electron chi connectivity index (χ0n) is 14.7. The average Bonchev–Trinajstić information content (AvgIpc) is 2.47. The molecule has 0 aromatic heterocycles. The topological polar surface area (TPSA) is 78.9 Å². The highest BCUT2D eigenvalue weighted by molar-refractivity contribution is 5.84. The lowest BCUT2D eigenvalue weighted by Crippen LogP contribution is -2.26. The molecule has 0 rings (SSSR count). The molecule has 0 fully saturated rings. The number of esters is 3. The third kappa shape index (κ3) is 11.2. The van der Waals surface area contributed by atoms with E-state index in [-0.39, 0.29) is 32.7 Å². The maximum absolute atomic E-state index is 12.1. The summed E-state index contributed by atoms with van der Waals surface area (Å²) >= 11 is 0. The van der Waals surface area contributed by atoms with Gasteiger partial charge in [-0.2, -0.15) is 0 Å². The molecular weight excluding hydrogens is 312 g/mol. The van der Waals surface area contributed by atoms with Crippen molar-refractivity contribution in [3.05, 3.63) is 36.5 Å². The van der Waals surface area contributed by atoms with E-state index in [1.54, 1.807) is 20.8 Å². The predicted octanol–water partition coefficient (Wildman–Crippen LogP) is 2.74. The molecule has 0 aromatic carbocycles. The molecule has 0 aliphatic heterocycles. The van der Waals surface area contributed by atoms with Crippen molar-refractivity contribution in [2.75, 3.05) is 19.8 Å². The van der Waals surface area contributed by atoms with Gasteiger partial charge >= 0.3 is 17.9 Å². The van der Waals surface area contributed by atoms with Gasteiger partial charge in [-0.05, 0) is 37.5 Å². The summed E-state index contributed by atoms with van der Waals surface area (Å²) in [6.45, 7) is 16.1. The van der Waals surface area contributed by atoms with Crippen molar-refractivity contribution >= 4 is 17.9 Å². The van der Waals surface area contributed by atoms with E-state index in [1.807, 2.05) is 0 Å². The standard InChI is InChI=1S/C18H26O6/c1-12(2)9-22-16(19)7-15(18(21)24-11-14(5)6)8-17(20)23-10-13(3)4/h15H,1,3,5,7-11H2,2,4,6H3. The minimum atomic E-state index is -0.973. The molecule has 0 bridgehead atoms. The molecule has 0 spiro atoms. The van der Waals surface area contributed by atoms with Crippen molar-refractivity contribution in [3.63, 3.8) is 0 Å². The van der Waals surface area contributed by atoms with E-state index in [1.165, 1.54) is 0 Å². The molecule has 0 N–H and O–H groups in total. The number of rotatable bonds is 11. The number of carbonyl (C=O) groups excluding carboxylic acids is 3. The normalized spacial score (nSPS) is 10.0. The molecule has 0 saturated carbocycles. The third-order valence-corrected chi connectivity index (χ3v) is 2.58. The fraction of sp³-hybridized carbons (Fsp3) is 0.500. The first kappa shape index (κ1) is 21.6. The molecule has 24 heavy (non-hydrogen) atoms. The molecule has 0 heterocycles. The van der Waals surface area contributed by atoms with Gasteiger partial charge in [0.25, 0.3) is 0 Å². The van der Waals surface area contributed by atoms with Crippen molar-refractivity contribution in [2.45, 2.75) is 33.6 Å². The summed E-state index contributed by atoms with van der Waals surface area (Å²) in [6, 6.07) is 0. The Bertz CT molecular complexity index is 486. The molecule has 0 unspecified atom stereocenters. The van der Waals surface area contributed by atoms with E-state index in [0.717, 1.165) is 0 Å². The average molecular weight is 338 g/mol. The molecule has 0 atom stereocenters. The second-order valence-electron chi connectivity index (χ2n) is 5.91. The molecule has 0 radical (unpaired) electrons. The van der Waals surface area contributed by atoms with Gasteiger partial charge in [-0.25, -0.2) is 0 Å². The van der Waals surface area contributed by atoms with Gasteiger partial charge in [0.05, 0.1) is 18.8 Å². The Morgan fingerprint density at radius 3 is 1.38 bits per heavy atom. The monoisotopic (exact) mass is 338 g/mol. The fourth-order valence-electron chi connectivity index (χ4n) is 1.48. The van der Waals surface area contributed by atoms with Gasteiger partial charge < -0.3 is 14.2 Å². The van der Waals surface area contributed by atoms with Gasteiger partial charge in [0.15, 0.2) is 0 Å². The van der Waals surface area contributed by atoms with Gasteiger partial charge in [0.1, 0.15) is 19.8 Å². The highest BCUT2D eigenvalue weighted by Crippen LogP contribution is 2.15. The van der Waals surface area contributed by atoms with Crippen LogP contribution >= 0.6 is 0 Å². The third-order valence-electron chi connectivity index (χ3n) is 2.58. The van der Waals surface area contributed by atoms with Crippen LogP contribution in [-0.2, 0) is 28.6 Å². The summed E-state index contributed by atoms with van der Waals surface area (Å²) in [5.41, 5.74) is 1.99. The van der Waals surface area contributed by atoms with Gasteiger partial charge in [-0.15, -0.1) is 0 Å². The summed E-state index contributed by atoms with van der Waals surface area (Å²) in [6.07, 6.45) is -0.547. The van der Waals surface area contributed by atoms with Crippen LogP contribution in [0.15, 0.2) is 36.5 Å². The summed E-state index contributed by atoms with van der Waals surface area (Å²) in [4.78, 5) is 35.7. The minimum Gasteiger partial charge on any atom is -0.461 e. The highest BCUT2D eigenvalue weighted by atomic mass is 16.5. The Morgan fingerprint density at radius 1 is 0.708 bits per heavy atom. The summed E-state index contributed by atoms with van der Waals surface area (Å²) in [5.74, 6) is -2.86. The zero-order valence-corrected chi connectivity index (χ0v) is 14.7. The molecule has 0 saturated heterocycles. The second kappa shape index (κ2) is 11.2. The first-order chi connectivity index (χ1) is 11.1. The van der Waals surface area contributed by atoms with Crippen molar-refractivity contribution in [3.8, 4) is 0 Å². The first-order valence-electron chi connectivity index (χ1n) is 7.52. The lowest BCUT2D eigenvalue weighted by atomic mass is 10.0. The molecule has 0 amide bonds. The minimum absolute atomic E-state index is 0.0248. The maximum atomic E-state index is 12.1. The lowest BCUT2D eigenvalue weighted by molar-refractivity contribution is -0.158. The van der Waals surface area contributed by atoms with Crippen molar-refractivity contribution in [1.29, 1.82) is 0 Å². The van der Waals surface area contributed by atoms with Crippen LogP contribution in [-0.4, -0.2) is 37.7 Å². The smallest absolute Gasteiger partial charge is 0.310 e. The van der Waals surface area contributed by atoms with E-state index in [4.69, 9.17) is 14.2 Å². The van der Waals surface area contributed by atoms with Gasteiger partial charge in [0.2, 0.25) is 0 Å². The maximum Gasteiger partial charge on any atom is 0.310 e. The number of ether oxygens (including phenoxy) is 3. The summed E-state index contributed by atoms with van der Waals surface area (Å²) < 4.78 is 14.9. The summed E-state index contributed by atoms with van der Waals surface area (Å²) in [7, 11) is 0. The van der Waals surface area contributed by atoms with Crippen LogP contribution in [0.3, 0.4) is 0 Å². The van der Waals surface area contributed by atoms with Crippen LogP contribution in [0.5, 0.6) is 0 Å². The van der Waals surface area contributed by atoms with Crippen LogP contribution in [0.25, 0.3) is 0 Å². The Hall–Kier alpha value is -2.37. The first-order valence-corrected chi connectivity index (χ1v) is 7.52. The largest absolute Gasteiger partial charge is 0.461 e. The Balaban J connectivity index is 4.74. The van der Waals surface area contributed by atoms with Crippen LogP contribution < -0.4 is 0 Å². The highest BCUT2D eigenvalue weighted by Gasteiger charge is 2.27. The fourth-order valence-corrected chi connectivity index (χ4v) is 1.48. The predicted molar refractivity (Wildman–Crippen MR) is 90.0 cm³/mol. The summed E-state index contributed by atoms with van der Waals surface area (Å²) in [5, 5.41) is 0. The molecular formula is C18H26O6. The zero-order chi connectivity index (χ0) is 18.7. The van der Waals surface area contributed by atoms with E-state index < -0.39 is 23.8 Å². The lowest BCUT2D eigenvalue weighted by Gasteiger charge is -2.15. The van der Waals surface area contributed by atoms with E-state index in [0.29, 0.717) is 16.7 Å². The Morgan fingerprint density at radius 2 is 1.04 bits per heavy atom. The molecule has 6 heteroatoms. The van der Waals surface area contributed by atoms with Crippen LogP contribution in [0.4, 0.5) is 0 Å². The van der Waals surface area contributed by atoms with Gasteiger partial charge in [0, 0.05) is 0 Å². The van der Waals surface area contributed by atoms with E-state index >= 15 is 0 Å². The quantitative estimate of drug-likeness (QED) is 0.327. The van der Waals surface area contributed by atoms with E-state index in [9.17, 15) is 14.4 Å². The van der Waals surface area contributed by atoms with Gasteiger partial charge in [-0.1, -0.05) is 19.7 Å². The second-order valence-corrected chi connectivity index (χ2v) is 5.91.